The molecule has 6 heteroatoms. The van der Waals surface area contributed by atoms with Crippen LogP contribution in [0.2, 0.25) is 0 Å². The minimum atomic E-state index is -0.505. The Bertz CT molecular complexity index is 1140. The van der Waals surface area contributed by atoms with Crippen molar-refractivity contribution in [2.45, 2.75) is 59.3 Å². The molecular formula is C31H36O6. The molecule has 0 aliphatic heterocycles. The van der Waals surface area contributed by atoms with E-state index in [0.717, 1.165) is 17.7 Å². The number of aryl methyl sites for hydroxylation is 1. The van der Waals surface area contributed by atoms with Crippen LogP contribution >= 0.6 is 0 Å². The van der Waals surface area contributed by atoms with E-state index in [2.05, 4.69) is 6.92 Å². The number of esters is 2. The van der Waals surface area contributed by atoms with Gasteiger partial charge in [0, 0.05) is 0 Å². The molecule has 0 radical (unpaired) electrons. The molecule has 0 saturated heterocycles. The van der Waals surface area contributed by atoms with Crippen molar-refractivity contribution in [1.82, 2.24) is 0 Å². The smallest absolute Gasteiger partial charge is 0.343 e. The average Bonchev–Trinajstić information content (AvgIpc) is 2.91. The Kier molecular flexibility index (Phi) is 11.0. The summed E-state index contributed by atoms with van der Waals surface area (Å²) < 4.78 is 22.2. The lowest BCUT2D eigenvalue weighted by atomic mass is 10.1. The zero-order valence-electron chi connectivity index (χ0n) is 22.0. The highest BCUT2D eigenvalue weighted by molar-refractivity contribution is 5.93. The molecule has 0 heterocycles. The van der Waals surface area contributed by atoms with Gasteiger partial charge in [-0.3, -0.25) is 0 Å². The van der Waals surface area contributed by atoms with Crippen LogP contribution in [0.15, 0.2) is 66.7 Å². The van der Waals surface area contributed by atoms with Crippen molar-refractivity contribution >= 4 is 11.9 Å². The molecule has 0 N–H and O–H groups in total. The Balaban J connectivity index is 1.47. The maximum Gasteiger partial charge on any atom is 0.343 e. The molecule has 0 atom stereocenters. The Labute approximate surface area is 219 Å². The summed E-state index contributed by atoms with van der Waals surface area (Å²) in [6.07, 6.45) is 7.28. The zero-order valence-corrected chi connectivity index (χ0v) is 22.0. The Morgan fingerprint density at radius 1 is 0.622 bits per heavy atom. The lowest BCUT2D eigenvalue weighted by Gasteiger charge is -2.10. The largest absolute Gasteiger partial charge is 0.494 e. The SMILES string of the molecule is CCCCCCCCOc1ccc(OC(=O)c2ccc(OC(=O)c3ccc(C)c(OCC)c3)cc2)cc1. The third-order valence-electron chi connectivity index (χ3n) is 5.83. The maximum absolute atomic E-state index is 12.5. The van der Waals surface area contributed by atoms with E-state index < -0.39 is 11.9 Å². The molecule has 196 valence electrons. The molecule has 0 saturated carbocycles. The van der Waals surface area contributed by atoms with Crippen molar-refractivity contribution in [3.63, 3.8) is 0 Å². The summed E-state index contributed by atoms with van der Waals surface area (Å²) in [5, 5.41) is 0. The van der Waals surface area contributed by atoms with Gasteiger partial charge < -0.3 is 18.9 Å². The summed E-state index contributed by atoms with van der Waals surface area (Å²) in [6.45, 7) is 7.20. The second kappa shape index (κ2) is 14.7. The van der Waals surface area contributed by atoms with Crippen LogP contribution in [0, 0.1) is 6.92 Å². The second-order valence-corrected chi connectivity index (χ2v) is 8.80. The van der Waals surface area contributed by atoms with Gasteiger partial charge in [0.1, 0.15) is 23.0 Å². The average molecular weight is 505 g/mol. The predicted molar refractivity (Wildman–Crippen MR) is 144 cm³/mol. The van der Waals surface area contributed by atoms with Crippen LogP contribution in [-0.2, 0) is 0 Å². The Morgan fingerprint density at radius 2 is 1.16 bits per heavy atom. The number of hydrogen-bond donors (Lipinski definition) is 0. The summed E-state index contributed by atoms with van der Waals surface area (Å²) in [5.41, 5.74) is 1.67. The normalized spacial score (nSPS) is 10.6. The van der Waals surface area contributed by atoms with E-state index in [9.17, 15) is 9.59 Å². The molecule has 0 bridgehead atoms. The van der Waals surface area contributed by atoms with Crippen LogP contribution < -0.4 is 18.9 Å². The predicted octanol–water partition coefficient (Wildman–Crippen LogP) is 7.57. The molecule has 0 aliphatic rings. The molecule has 0 spiro atoms. The topological polar surface area (TPSA) is 71.1 Å². The zero-order chi connectivity index (χ0) is 26.5. The summed E-state index contributed by atoms with van der Waals surface area (Å²) in [6, 6.07) is 18.4. The van der Waals surface area contributed by atoms with Gasteiger partial charge in [-0.15, -0.1) is 0 Å². The van der Waals surface area contributed by atoms with Crippen molar-refractivity contribution < 1.29 is 28.5 Å². The first-order valence-electron chi connectivity index (χ1n) is 13.0. The molecule has 3 aromatic rings. The molecule has 0 aliphatic carbocycles. The summed E-state index contributed by atoms with van der Waals surface area (Å²) in [5.74, 6) is 1.14. The second-order valence-electron chi connectivity index (χ2n) is 8.80. The fraction of sp³-hybridized carbons (Fsp3) is 0.355. The third-order valence-corrected chi connectivity index (χ3v) is 5.83. The van der Waals surface area contributed by atoms with Crippen LogP contribution in [0.1, 0.15) is 78.7 Å². The van der Waals surface area contributed by atoms with Crippen molar-refractivity contribution in [3.8, 4) is 23.0 Å². The fourth-order valence-corrected chi connectivity index (χ4v) is 3.71. The van der Waals surface area contributed by atoms with Gasteiger partial charge in [0.15, 0.2) is 0 Å². The van der Waals surface area contributed by atoms with Crippen LogP contribution in [0.25, 0.3) is 0 Å². The number of unbranched alkanes of at least 4 members (excludes halogenated alkanes) is 5. The maximum atomic E-state index is 12.5. The van der Waals surface area contributed by atoms with Crippen molar-refractivity contribution in [2.75, 3.05) is 13.2 Å². The highest BCUT2D eigenvalue weighted by atomic mass is 16.5. The van der Waals surface area contributed by atoms with Crippen LogP contribution in [0.5, 0.6) is 23.0 Å². The highest BCUT2D eigenvalue weighted by Gasteiger charge is 2.13. The molecule has 0 amide bonds. The van der Waals surface area contributed by atoms with Gasteiger partial charge in [-0.05, 0) is 86.5 Å². The van der Waals surface area contributed by atoms with E-state index >= 15 is 0 Å². The van der Waals surface area contributed by atoms with Crippen LogP contribution in [0.3, 0.4) is 0 Å². The molecule has 0 fully saturated rings. The van der Waals surface area contributed by atoms with E-state index in [1.807, 2.05) is 19.9 Å². The van der Waals surface area contributed by atoms with Gasteiger partial charge in [-0.25, -0.2) is 9.59 Å². The summed E-state index contributed by atoms with van der Waals surface area (Å²) >= 11 is 0. The minimum Gasteiger partial charge on any atom is -0.494 e. The number of hydrogen-bond acceptors (Lipinski definition) is 6. The highest BCUT2D eigenvalue weighted by Crippen LogP contribution is 2.23. The summed E-state index contributed by atoms with van der Waals surface area (Å²) in [4.78, 5) is 25.1. The van der Waals surface area contributed by atoms with E-state index in [1.165, 1.54) is 32.1 Å². The number of carbonyl (C=O) groups excluding carboxylic acids is 2. The quantitative estimate of drug-likeness (QED) is 0.128. The monoisotopic (exact) mass is 504 g/mol. The van der Waals surface area contributed by atoms with Gasteiger partial charge >= 0.3 is 11.9 Å². The minimum absolute atomic E-state index is 0.326. The van der Waals surface area contributed by atoms with E-state index in [-0.39, 0.29) is 0 Å². The number of ether oxygens (including phenoxy) is 4. The molecule has 0 aromatic heterocycles. The van der Waals surface area contributed by atoms with Gasteiger partial charge in [0.2, 0.25) is 0 Å². The first-order valence-corrected chi connectivity index (χ1v) is 13.0. The summed E-state index contributed by atoms with van der Waals surface area (Å²) in [7, 11) is 0. The molecule has 6 nitrogen and oxygen atoms in total. The first kappa shape index (κ1) is 27.8. The van der Waals surface area contributed by atoms with Gasteiger partial charge in [-0.2, -0.15) is 0 Å². The van der Waals surface area contributed by atoms with Gasteiger partial charge in [-0.1, -0.05) is 45.1 Å². The van der Waals surface area contributed by atoms with Crippen LogP contribution in [0.4, 0.5) is 0 Å². The Hall–Kier alpha value is -3.80. The number of rotatable bonds is 14. The van der Waals surface area contributed by atoms with Gasteiger partial charge in [0.25, 0.3) is 0 Å². The molecule has 3 rings (SSSR count). The Morgan fingerprint density at radius 3 is 1.81 bits per heavy atom. The van der Waals surface area contributed by atoms with Crippen LogP contribution in [-0.4, -0.2) is 25.2 Å². The van der Waals surface area contributed by atoms with Crippen molar-refractivity contribution in [3.05, 3.63) is 83.4 Å². The number of carbonyl (C=O) groups is 2. The third kappa shape index (κ3) is 8.98. The lowest BCUT2D eigenvalue weighted by Crippen LogP contribution is -2.10. The van der Waals surface area contributed by atoms with E-state index in [0.29, 0.717) is 41.6 Å². The fourth-order valence-electron chi connectivity index (χ4n) is 3.71. The molecular weight excluding hydrogens is 468 g/mol. The lowest BCUT2D eigenvalue weighted by molar-refractivity contribution is 0.0730. The van der Waals surface area contributed by atoms with Crippen molar-refractivity contribution in [2.24, 2.45) is 0 Å². The first-order chi connectivity index (χ1) is 18.0. The number of benzene rings is 3. The van der Waals surface area contributed by atoms with E-state index in [1.54, 1.807) is 60.7 Å². The van der Waals surface area contributed by atoms with Crippen molar-refractivity contribution in [1.29, 1.82) is 0 Å². The molecule has 3 aromatic carbocycles. The van der Waals surface area contributed by atoms with E-state index in [4.69, 9.17) is 18.9 Å². The standard InChI is InChI=1S/C31H36O6/c1-4-6-7-8-9-10-21-35-26-17-19-28(20-18-26)36-30(32)24-13-15-27(16-14-24)37-31(33)25-12-11-23(3)29(22-25)34-5-2/h11-20,22H,4-10,21H2,1-3H3. The molecule has 0 unspecified atom stereocenters. The van der Waals surface area contributed by atoms with Gasteiger partial charge in [0.05, 0.1) is 24.3 Å². The molecule has 37 heavy (non-hydrogen) atoms.